The Balaban J connectivity index is 2.14. The molecule has 0 fully saturated rings. The zero-order valence-electron chi connectivity index (χ0n) is 10.3. The molecule has 1 aliphatic rings. The Hall–Kier alpha value is -2.39. The number of hydrogen-bond acceptors (Lipinski definition) is 2. The van der Waals surface area contributed by atoms with Crippen LogP contribution in [0.15, 0.2) is 55.1 Å². The lowest BCUT2D eigenvalue weighted by Gasteiger charge is -2.20. The van der Waals surface area contributed by atoms with Crippen LogP contribution < -0.4 is 4.90 Å². The predicted octanol–water partition coefficient (Wildman–Crippen LogP) is 2.81. The Kier molecular flexibility index (Phi) is 2.69. The first-order valence-corrected chi connectivity index (χ1v) is 6.05. The van der Waals surface area contributed by atoms with E-state index in [2.05, 4.69) is 6.58 Å². The van der Waals surface area contributed by atoms with Crippen molar-refractivity contribution < 1.29 is 9.90 Å². The third kappa shape index (κ3) is 1.67. The van der Waals surface area contributed by atoms with Gasteiger partial charge in [0, 0.05) is 16.7 Å². The molecule has 0 atom stereocenters. The fourth-order valence-corrected chi connectivity index (χ4v) is 2.40. The molecule has 0 unspecified atom stereocenters. The van der Waals surface area contributed by atoms with Crippen LogP contribution >= 0.6 is 0 Å². The molecule has 94 valence electrons. The standard InChI is InChI=1S/C16H13NO2/c1-11-13-7-3-4-8-14(13)16(19)17(11)15-9-5-2-6-12(15)10-18/h2-9,18H,1,10H2. The van der Waals surface area contributed by atoms with Crippen molar-refractivity contribution in [3.05, 3.63) is 71.8 Å². The summed E-state index contributed by atoms with van der Waals surface area (Å²) in [6.45, 7) is 3.90. The molecule has 3 heteroatoms. The number of aliphatic hydroxyl groups is 1. The summed E-state index contributed by atoms with van der Waals surface area (Å²) < 4.78 is 0. The fraction of sp³-hybridized carbons (Fsp3) is 0.0625. The van der Waals surface area contributed by atoms with E-state index in [0.717, 1.165) is 5.56 Å². The minimum Gasteiger partial charge on any atom is -0.392 e. The fourth-order valence-electron chi connectivity index (χ4n) is 2.40. The van der Waals surface area contributed by atoms with Crippen LogP contribution in [0.2, 0.25) is 0 Å². The number of rotatable bonds is 2. The molecule has 1 heterocycles. The Morgan fingerprint density at radius 1 is 1.00 bits per heavy atom. The molecule has 3 nitrogen and oxygen atoms in total. The molecular weight excluding hydrogens is 238 g/mol. The number of amides is 1. The third-order valence-electron chi connectivity index (χ3n) is 3.34. The molecule has 1 amide bonds. The van der Waals surface area contributed by atoms with Gasteiger partial charge in [-0.15, -0.1) is 0 Å². The lowest BCUT2D eigenvalue weighted by molar-refractivity contribution is 0.101. The minimum absolute atomic E-state index is 0.0958. The first-order chi connectivity index (χ1) is 9.24. The van der Waals surface area contributed by atoms with E-state index in [-0.39, 0.29) is 12.5 Å². The van der Waals surface area contributed by atoms with E-state index >= 15 is 0 Å². The topological polar surface area (TPSA) is 40.5 Å². The molecule has 0 radical (unpaired) electrons. The molecule has 0 saturated carbocycles. The molecule has 1 N–H and O–H groups in total. The maximum absolute atomic E-state index is 12.5. The number of anilines is 1. The van der Waals surface area contributed by atoms with E-state index in [4.69, 9.17) is 0 Å². The Morgan fingerprint density at radius 2 is 1.63 bits per heavy atom. The van der Waals surface area contributed by atoms with Crippen molar-refractivity contribution in [2.24, 2.45) is 0 Å². The van der Waals surface area contributed by atoms with Crippen molar-refractivity contribution in [3.63, 3.8) is 0 Å². The number of benzene rings is 2. The smallest absolute Gasteiger partial charge is 0.263 e. The second-order valence-electron chi connectivity index (χ2n) is 4.42. The van der Waals surface area contributed by atoms with Gasteiger partial charge >= 0.3 is 0 Å². The van der Waals surface area contributed by atoms with Crippen LogP contribution in [-0.4, -0.2) is 11.0 Å². The zero-order chi connectivity index (χ0) is 13.4. The van der Waals surface area contributed by atoms with Gasteiger partial charge in [-0.05, 0) is 12.1 Å². The molecule has 1 aliphatic heterocycles. The van der Waals surface area contributed by atoms with Crippen LogP contribution in [0.25, 0.3) is 5.70 Å². The molecule has 0 saturated heterocycles. The van der Waals surface area contributed by atoms with Crippen LogP contribution in [0.4, 0.5) is 5.69 Å². The van der Waals surface area contributed by atoms with Crippen LogP contribution in [0.1, 0.15) is 21.5 Å². The Bertz CT molecular complexity index is 641. The number of carbonyl (C=O) groups is 1. The zero-order valence-corrected chi connectivity index (χ0v) is 10.3. The maximum Gasteiger partial charge on any atom is 0.263 e. The second kappa shape index (κ2) is 4.37. The summed E-state index contributed by atoms with van der Waals surface area (Å²) in [4.78, 5) is 14.0. The van der Waals surface area contributed by atoms with Gasteiger partial charge < -0.3 is 5.11 Å². The van der Waals surface area contributed by atoms with E-state index in [9.17, 15) is 9.90 Å². The average Bonchev–Trinajstić information content (AvgIpc) is 2.71. The second-order valence-corrected chi connectivity index (χ2v) is 4.42. The van der Waals surface area contributed by atoms with Crippen LogP contribution in [0.5, 0.6) is 0 Å². The van der Waals surface area contributed by atoms with Crippen molar-refractivity contribution in [1.82, 2.24) is 0 Å². The lowest BCUT2D eigenvalue weighted by atomic mass is 10.1. The van der Waals surface area contributed by atoms with E-state index in [0.29, 0.717) is 22.5 Å². The largest absolute Gasteiger partial charge is 0.392 e. The first-order valence-electron chi connectivity index (χ1n) is 6.05. The number of para-hydroxylation sites is 1. The van der Waals surface area contributed by atoms with Gasteiger partial charge in [-0.3, -0.25) is 9.69 Å². The van der Waals surface area contributed by atoms with Crippen molar-refractivity contribution in [2.75, 3.05) is 4.90 Å². The highest BCUT2D eigenvalue weighted by atomic mass is 16.3. The van der Waals surface area contributed by atoms with E-state index in [1.54, 1.807) is 17.0 Å². The van der Waals surface area contributed by atoms with Crippen molar-refractivity contribution in [2.45, 2.75) is 6.61 Å². The number of fused-ring (bicyclic) bond motifs is 1. The van der Waals surface area contributed by atoms with Gasteiger partial charge in [-0.2, -0.15) is 0 Å². The highest BCUT2D eigenvalue weighted by molar-refractivity contribution is 6.22. The summed E-state index contributed by atoms with van der Waals surface area (Å²) in [5.41, 5.74) is 3.56. The van der Waals surface area contributed by atoms with Gasteiger partial charge in [0.15, 0.2) is 0 Å². The van der Waals surface area contributed by atoms with E-state index in [1.165, 1.54) is 0 Å². The average molecular weight is 251 g/mol. The Morgan fingerprint density at radius 3 is 2.32 bits per heavy atom. The number of hydrogen-bond donors (Lipinski definition) is 1. The molecular formula is C16H13NO2. The number of aliphatic hydroxyl groups excluding tert-OH is 1. The van der Waals surface area contributed by atoms with Crippen LogP contribution in [-0.2, 0) is 6.61 Å². The normalized spacial score (nSPS) is 13.8. The highest BCUT2D eigenvalue weighted by Gasteiger charge is 2.32. The quantitative estimate of drug-likeness (QED) is 0.891. The molecule has 2 aromatic carbocycles. The molecule has 0 aliphatic carbocycles. The lowest BCUT2D eigenvalue weighted by Crippen LogP contribution is -2.23. The summed E-state index contributed by atoms with van der Waals surface area (Å²) in [7, 11) is 0. The SMILES string of the molecule is C=C1c2ccccc2C(=O)N1c1ccccc1CO. The first kappa shape index (κ1) is 11.7. The Labute approximate surface area is 111 Å². The molecule has 2 aromatic rings. The third-order valence-corrected chi connectivity index (χ3v) is 3.34. The van der Waals surface area contributed by atoms with Crippen molar-refractivity contribution >= 4 is 17.3 Å². The molecule has 3 rings (SSSR count). The minimum atomic E-state index is -0.108. The van der Waals surface area contributed by atoms with Crippen LogP contribution in [0, 0.1) is 0 Å². The van der Waals surface area contributed by atoms with Gasteiger partial charge in [0.25, 0.3) is 5.91 Å². The summed E-state index contributed by atoms with van der Waals surface area (Å²) in [6.07, 6.45) is 0. The summed E-state index contributed by atoms with van der Waals surface area (Å²) in [5.74, 6) is -0.0958. The van der Waals surface area contributed by atoms with E-state index < -0.39 is 0 Å². The highest BCUT2D eigenvalue weighted by Crippen LogP contribution is 2.36. The monoisotopic (exact) mass is 251 g/mol. The van der Waals surface area contributed by atoms with E-state index in [1.807, 2.05) is 36.4 Å². The van der Waals surface area contributed by atoms with Gasteiger partial charge in [0.1, 0.15) is 0 Å². The van der Waals surface area contributed by atoms with Gasteiger partial charge in [0.2, 0.25) is 0 Å². The molecule has 0 bridgehead atoms. The summed E-state index contributed by atoms with van der Waals surface area (Å²) in [6, 6.07) is 14.7. The molecule has 19 heavy (non-hydrogen) atoms. The van der Waals surface area contributed by atoms with Gasteiger partial charge in [-0.1, -0.05) is 43.0 Å². The number of carbonyl (C=O) groups excluding carboxylic acids is 1. The van der Waals surface area contributed by atoms with Crippen LogP contribution in [0.3, 0.4) is 0 Å². The van der Waals surface area contributed by atoms with Gasteiger partial charge in [0.05, 0.1) is 18.0 Å². The summed E-state index contributed by atoms with van der Waals surface area (Å²) in [5, 5.41) is 9.40. The van der Waals surface area contributed by atoms with Gasteiger partial charge in [-0.25, -0.2) is 0 Å². The van der Waals surface area contributed by atoms with Crippen molar-refractivity contribution in [3.8, 4) is 0 Å². The molecule has 0 aromatic heterocycles. The molecule has 0 spiro atoms. The maximum atomic E-state index is 12.5. The number of nitrogens with zero attached hydrogens (tertiary/aromatic N) is 1. The predicted molar refractivity (Wildman–Crippen MR) is 74.7 cm³/mol. The van der Waals surface area contributed by atoms with Crippen molar-refractivity contribution in [1.29, 1.82) is 0 Å². The summed E-state index contributed by atoms with van der Waals surface area (Å²) >= 11 is 0.